The highest BCUT2D eigenvalue weighted by molar-refractivity contribution is 6.31. The number of halogens is 2. The molecule has 676 valence electrons. The van der Waals surface area contributed by atoms with Crippen LogP contribution in [0.2, 0.25) is 10.0 Å². The Bertz CT molecular complexity index is 6150. The van der Waals surface area contributed by atoms with Gasteiger partial charge in [-0.1, -0.05) is 253 Å². The monoisotopic (exact) mass is 1810 g/mol. The van der Waals surface area contributed by atoms with E-state index in [2.05, 4.69) is 9.69 Å². The molecule has 14 rings (SSSR count). The Balaban J connectivity index is 0.000000372. The van der Waals surface area contributed by atoms with Gasteiger partial charge in [-0.15, -0.1) is 0 Å². The minimum Gasteiger partial charge on any atom is -0.497 e. The molecular formula is C112H108Cl2N2O16. The molecule has 0 saturated heterocycles. The molecule has 0 unspecified atom stereocenters. The van der Waals surface area contributed by atoms with Gasteiger partial charge in [0, 0.05) is 82.9 Å². The summed E-state index contributed by atoms with van der Waals surface area (Å²) in [4.78, 5) is 137. The van der Waals surface area contributed by atoms with E-state index in [0.717, 1.165) is 61.0 Å². The van der Waals surface area contributed by atoms with Crippen LogP contribution in [0, 0.1) is 27.0 Å². The van der Waals surface area contributed by atoms with Crippen LogP contribution < -0.4 is 18.9 Å². The second-order valence-electron chi connectivity index (χ2n) is 28.8. The van der Waals surface area contributed by atoms with Crippen LogP contribution in [0.4, 0.5) is 11.4 Å². The maximum absolute atomic E-state index is 11.3. The third kappa shape index (κ3) is 42.8. The predicted molar refractivity (Wildman–Crippen MR) is 531 cm³/mol. The minimum atomic E-state index is -0.00417. The normalized spacial score (nSPS) is 9.41. The van der Waals surface area contributed by atoms with Gasteiger partial charge in [-0.05, 0) is 222 Å². The summed E-state index contributed by atoms with van der Waals surface area (Å²) in [6.07, 6.45) is 0. The number of ether oxygens (including phenoxy) is 4. The number of carbonyl (C=O) groups is 12. The Labute approximate surface area is 783 Å². The fraction of sp³-hybridized carbons (Fsp3) is 0.161. The molecule has 0 heterocycles. The van der Waals surface area contributed by atoms with Crippen molar-refractivity contribution in [3.8, 4) is 23.0 Å². The van der Waals surface area contributed by atoms with E-state index < -0.39 is 0 Å². The molecule has 0 atom stereocenters. The molecule has 0 bridgehead atoms. The van der Waals surface area contributed by atoms with Gasteiger partial charge in [-0.25, -0.2) is 9.69 Å². The maximum atomic E-state index is 11.3. The molecule has 0 aliphatic heterocycles. The lowest BCUT2D eigenvalue weighted by Gasteiger charge is -2.05. The Hall–Kier alpha value is -15.6. The number of carbonyl (C=O) groups excluding carboxylic acids is 12. The van der Waals surface area contributed by atoms with Gasteiger partial charge in [-0.2, -0.15) is 0 Å². The molecule has 0 radical (unpaired) electrons. The van der Waals surface area contributed by atoms with Crippen molar-refractivity contribution in [2.75, 3.05) is 28.4 Å². The van der Waals surface area contributed by atoms with Gasteiger partial charge in [0.05, 0.1) is 41.6 Å². The Morgan fingerprint density at radius 2 is 0.553 bits per heavy atom. The van der Waals surface area contributed by atoms with Crippen molar-refractivity contribution < 1.29 is 76.5 Å². The average molecular weight is 1810 g/mol. The van der Waals surface area contributed by atoms with E-state index >= 15 is 0 Å². The first-order chi connectivity index (χ1) is 62.8. The summed E-state index contributed by atoms with van der Waals surface area (Å²) in [5.41, 5.74) is 11.9. The van der Waals surface area contributed by atoms with Gasteiger partial charge >= 0.3 is 0 Å². The summed E-state index contributed by atoms with van der Waals surface area (Å²) in [5, 5.41) is 5.72. The van der Waals surface area contributed by atoms with Gasteiger partial charge in [-0.3, -0.25) is 57.5 Å². The predicted octanol–water partition coefficient (Wildman–Crippen LogP) is 28.0. The highest BCUT2D eigenvalue weighted by Crippen LogP contribution is 2.25. The van der Waals surface area contributed by atoms with E-state index in [1.165, 1.54) is 52.5 Å². The van der Waals surface area contributed by atoms with Crippen molar-refractivity contribution in [2.24, 2.45) is 0 Å². The summed E-state index contributed by atoms with van der Waals surface area (Å²) in [5.74, 6) is 3.63. The highest BCUT2D eigenvalue weighted by Gasteiger charge is 2.09. The van der Waals surface area contributed by atoms with E-state index in [4.69, 9.17) is 55.3 Å². The van der Waals surface area contributed by atoms with Crippen LogP contribution in [0.15, 0.2) is 328 Å². The van der Waals surface area contributed by atoms with Crippen LogP contribution in [-0.4, -0.2) is 97.8 Å². The summed E-state index contributed by atoms with van der Waals surface area (Å²) in [6.45, 7) is 35.9. The summed E-state index contributed by atoms with van der Waals surface area (Å²) in [7, 11) is 6.29. The van der Waals surface area contributed by atoms with Crippen molar-refractivity contribution in [3.63, 3.8) is 0 Å². The minimum absolute atomic E-state index is 0.00259. The summed E-state index contributed by atoms with van der Waals surface area (Å²) >= 11 is 11.2. The molecule has 132 heavy (non-hydrogen) atoms. The number of hydrogen-bond acceptors (Lipinski definition) is 16. The fourth-order valence-electron chi connectivity index (χ4n) is 10.9. The number of rotatable bonds is 16. The number of ketones is 12. The molecular weight excluding hydrogens is 1700 g/mol. The zero-order valence-electron chi connectivity index (χ0n) is 77.4. The number of fused-ring (bicyclic) bond motifs is 2. The third-order valence-electron chi connectivity index (χ3n) is 18.4. The van der Waals surface area contributed by atoms with Crippen LogP contribution in [0.1, 0.15) is 219 Å². The second kappa shape index (κ2) is 60.2. The molecule has 18 nitrogen and oxygen atoms in total. The summed E-state index contributed by atoms with van der Waals surface area (Å²) < 4.78 is 19.9. The lowest BCUT2D eigenvalue weighted by molar-refractivity contribution is 0.100. The SMILES string of the molecule is CC(=O)c1ccc(C)cc1.CC(=O)c1ccc(Cl)cc1.CC(=O)c1ccc2ccccc2c1.CC(=O)c1cccc(C)c1.CC(=O)c1cccc(Cl)c1.CC(=O)c1cccc2ccccc12.CC(=O)c1ccccc1.COc1cc(OC)cc(C(C)=O)c1.COc1ccc(C(C)=O)cc1.COc1cccc(C(C)=O)c1.[C-]#[N+]c1ccc(C(C)=O)cc1.[C-]#[N+]c1cccc(C(C)=O)c1. The standard InChI is InChI=1S/2C12H10O.C10H12O3.2C9H7NO.2C9H10O2.2C9H10O.2C8H7ClO.C8H8O/c1-9(13)11-8-4-6-10-5-2-3-7-12(10)11;1-9(13)11-7-6-10-4-2-3-5-12(10)8-11;1-7(11)8-4-9(12-2)6-10(5-8)13-3;1-7(11)8-3-5-9(10-2)6-4-8;1-7(11)8-4-3-5-9(6-8)10-2;1-7(10)8-3-5-9(11-2)6-4-8;1-7(10)8-4-3-5-9(6-8)11-2;1-7-3-5-9(6-4-7)8(2)10;1-7-4-3-5-9(6-7)8(2)10;1-6(10)7-2-4-8(9)5-3-7;1-6(10)7-3-2-4-8(9)5-7;1-7(9)8-5-3-2-4-6-8/h2*2-8H,1H3;4-6H,1-3H3;2*3-6H,1H3;2*3-6H,1-2H3;2*3-6H,1-2H3;2*2-5H,1H3;2-6H,1H3. The first kappa shape index (κ1) is 111. The first-order valence-electron chi connectivity index (χ1n) is 41.0. The van der Waals surface area contributed by atoms with Crippen molar-refractivity contribution >= 4 is 126 Å². The maximum Gasteiger partial charge on any atom is 0.187 e. The van der Waals surface area contributed by atoms with E-state index in [-0.39, 0.29) is 69.4 Å². The Kier molecular flexibility index (Phi) is 50.4. The molecule has 0 aliphatic carbocycles. The number of aryl methyl sites for hydroxylation is 2. The average Bonchev–Trinajstić information content (AvgIpc) is 0.822. The number of hydrogen-bond donors (Lipinski definition) is 0. The van der Waals surface area contributed by atoms with Crippen molar-refractivity contribution in [1.29, 1.82) is 0 Å². The van der Waals surface area contributed by atoms with Gasteiger partial charge < -0.3 is 18.9 Å². The molecule has 0 amide bonds. The number of methoxy groups -OCH3 is 4. The molecule has 0 N–H and O–H groups in total. The largest absolute Gasteiger partial charge is 0.497 e. The first-order valence-corrected chi connectivity index (χ1v) is 41.8. The van der Waals surface area contributed by atoms with Crippen LogP contribution in [0.5, 0.6) is 23.0 Å². The second-order valence-corrected chi connectivity index (χ2v) is 29.6. The number of Topliss-reactive ketones (excluding diaryl/α,β-unsaturated/α-hetero) is 12. The van der Waals surface area contributed by atoms with E-state index in [1.54, 1.807) is 228 Å². The van der Waals surface area contributed by atoms with E-state index in [1.807, 2.05) is 184 Å². The third-order valence-corrected chi connectivity index (χ3v) is 18.9. The Morgan fingerprint density at radius 1 is 0.220 bits per heavy atom. The van der Waals surface area contributed by atoms with Gasteiger partial charge in [0.15, 0.2) is 80.8 Å². The van der Waals surface area contributed by atoms with E-state index in [0.29, 0.717) is 71.9 Å². The molecule has 0 aromatic heterocycles. The smallest absolute Gasteiger partial charge is 0.187 e. The van der Waals surface area contributed by atoms with Crippen molar-refractivity contribution in [1.82, 2.24) is 0 Å². The molecule has 0 fully saturated rings. The molecule has 0 spiro atoms. The number of nitrogens with zero attached hydrogens (tertiary/aromatic N) is 2. The zero-order valence-corrected chi connectivity index (χ0v) is 78.9. The van der Waals surface area contributed by atoms with Gasteiger partial charge in [0.25, 0.3) is 0 Å². The quantitative estimate of drug-likeness (QED) is 0.0644. The molecule has 0 aliphatic rings. The van der Waals surface area contributed by atoms with Crippen LogP contribution in [0.25, 0.3) is 31.2 Å². The molecule has 14 aromatic carbocycles. The molecule has 20 heteroatoms. The van der Waals surface area contributed by atoms with E-state index in [9.17, 15) is 57.5 Å². The Morgan fingerprint density at radius 3 is 0.970 bits per heavy atom. The zero-order chi connectivity index (χ0) is 98.4. The lowest BCUT2D eigenvalue weighted by atomic mass is 10.0. The fourth-order valence-corrected chi connectivity index (χ4v) is 11.2. The lowest BCUT2D eigenvalue weighted by Crippen LogP contribution is -1.95. The number of benzene rings is 14. The van der Waals surface area contributed by atoms with Gasteiger partial charge in [0.2, 0.25) is 0 Å². The van der Waals surface area contributed by atoms with Gasteiger partial charge in [0.1, 0.15) is 23.0 Å². The molecule has 0 saturated carbocycles. The van der Waals surface area contributed by atoms with Crippen LogP contribution >= 0.6 is 23.2 Å². The molecule has 14 aromatic rings. The topological polar surface area (TPSA) is 250 Å². The summed E-state index contributed by atoms with van der Waals surface area (Å²) in [6, 6.07) is 98.2. The van der Waals surface area contributed by atoms with Crippen molar-refractivity contribution in [3.05, 3.63) is 438 Å². The highest BCUT2D eigenvalue weighted by atomic mass is 35.5. The van der Waals surface area contributed by atoms with Crippen LogP contribution in [0.3, 0.4) is 0 Å². The van der Waals surface area contributed by atoms with Crippen LogP contribution in [-0.2, 0) is 0 Å². The van der Waals surface area contributed by atoms with Crippen molar-refractivity contribution in [2.45, 2.75) is 96.9 Å².